The summed E-state index contributed by atoms with van der Waals surface area (Å²) in [6, 6.07) is 21.9. The molecule has 1 atom stereocenters. The van der Waals surface area contributed by atoms with Crippen LogP contribution in [-0.2, 0) is 4.79 Å². The number of hydrazone groups is 1. The molecule has 0 saturated heterocycles. The van der Waals surface area contributed by atoms with Gasteiger partial charge in [-0.3, -0.25) is 4.79 Å². The fraction of sp³-hybridized carbons (Fsp3) is 0.167. The highest BCUT2D eigenvalue weighted by Crippen LogP contribution is 2.25. The van der Waals surface area contributed by atoms with E-state index in [0.717, 1.165) is 33.2 Å². The Hall–Kier alpha value is -3.40. The Kier molecular flexibility index (Phi) is 6.22. The number of allylic oxidation sites excluding steroid dienone is 1. The van der Waals surface area contributed by atoms with E-state index in [2.05, 4.69) is 10.5 Å². The van der Waals surface area contributed by atoms with E-state index in [-0.39, 0.29) is 11.8 Å². The van der Waals surface area contributed by atoms with E-state index in [1.165, 1.54) is 0 Å². The fourth-order valence-corrected chi connectivity index (χ4v) is 2.93. The molecule has 142 valence electrons. The highest BCUT2D eigenvalue weighted by atomic mass is 16.5. The lowest BCUT2D eigenvalue weighted by Gasteiger charge is -2.11. The second-order valence-corrected chi connectivity index (χ2v) is 6.73. The average Bonchev–Trinajstić information content (AvgIpc) is 2.73. The second-order valence-electron chi connectivity index (χ2n) is 6.73. The molecule has 3 aromatic rings. The Morgan fingerprint density at radius 3 is 2.50 bits per heavy atom. The first-order chi connectivity index (χ1) is 13.6. The van der Waals surface area contributed by atoms with Crippen molar-refractivity contribution in [3.8, 4) is 5.75 Å². The third-order valence-corrected chi connectivity index (χ3v) is 4.60. The minimum Gasteiger partial charge on any atom is -0.497 e. The third kappa shape index (κ3) is 4.86. The average molecular weight is 372 g/mol. The van der Waals surface area contributed by atoms with E-state index in [4.69, 9.17) is 4.74 Å². The first kappa shape index (κ1) is 19.4. The number of methoxy groups -OCH3 is 1. The molecule has 3 rings (SSSR count). The van der Waals surface area contributed by atoms with Gasteiger partial charge in [-0.2, -0.15) is 5.10 Å². The van der Waals surface area contributed by atoms with Gasteiger partial charge < -0.3 is 4.74 Å². The number of benzene rings is 3. The Labute approximate surface area is 165 Å². The summed E-state index contributed by atoms with van der Waals surface area (Å²) in [5, 5.41) is 6.24. The van der Waals surface area contributed by atoms with Crippen LogP contribution in [0, 0.1) is 0 Å². The van der Waals surface area contributed by atoms with Crippen LogP contribution in [-0.4, -0.2) is 19.2 Å². The van der Waals surface area contributed by atoms with Gasteiger partial charge in [-0.25, -0.2) is 5.43 Å². The lowest BCUT2D eigenvalue weighted by Crippen LogP contribution is -2.23. The van der Waals surface area contributed by atoms with Crippen LogP contribution >= 0.6 is 0 Å². The van der Waals surface area contributed by atoms with Crippen molar-refractivity contribution in [2.75, 3.05) is 7.11 Å². The van der Waals surface area contributed by atoms with Crippen molar-refractivity contribution in [1.29, 1.82) is 0 Å². The lowest BCUT2D eigenvalue weighted by molar-refractivity contribution is -0.122. The number of carbonyl (C=O) groups is 1. The molecule has 1 amide bonds. The van der Waals surface area contributed by atoms with Crippen molar-refractivity contribution in [3.05, 3.63) is 83.4 Å². The number of ether oxygens (including phenoxy) is 1. The van der Waals surface area contributed by atoms with Gasteiger partial charge >= 0.3 is 0 Å². The van der Waals surface area contributed by atoms with E-state index in [0.29, 0.717) is 0 Å². The van der Waals surface area contributed by atoms with Gasteiger partial charge in [0.25, 0.3) is 0 Å². The quantitative estimate of drug-likeness (QED) is 0.480. The molecule has 0 aromatic heterocycles. The van der Waals surface area contributed by atoms with Crippen molar-refractivity contribution in [2.45, 2.75) is 19.8 Å². The molecule has 0 saturated carbocycles. The maximum absolute atomic E-state index is 12.5. The molecule has 0 aliphatic heterocycles. The maximum Gasteiger partial charge on any atom is 0.247 e. The molecule has 0 radical (unpaired) electrons. The van der Waals surface area contributed by atoms with E-state index in [9.17, 15) is 4.79 Å². The van der Waals surface area contributed by atoms with Crippen LogP contribution < -0.4 is 10.2 Å². The zero-order valence-corrected chi connectivity index (χ0v) is 16.3. The van der Waals surface area contributed by atoms with Gasteiger partial charge in [-0.05, 0) is 53.5 Å². The van der Waals surface area contributed by atoms with Gasteiger partial charge in [-0.1, -0.05) is 60.7 Å². The molecule has 0 spiro atoms. The third-order valence-electron chi connectivity index (χ3n) is 4.60. The minimum absolute atomic E-state index is 0.142. The molecular formula is C24H24N2O2. The fourth-order valence-electron chi connectivity index (χ4n) is 2.93. The molecule has 1 unspecified atom stereocenters. The zero-order chi connectivity index (χ0) is 19.9. The van der Waals surface area contributed by atoms with Crippen molar-refractivity contribution in [2.24, 2.45) is 5.10 Å². The number of nitrogens with zero attached hydrogens (tertiary/aromatic N) is 1. The normalized spacial score (nSPS) is 12.9. The van der Waals surface area contributed by atoms with Crippen LogP contribution in [0.25, 0.3) is 16.8 Å². The molecule has 0 heterocycles. The molecule has 28 heavy (non-hydrogen) atoms. The Bertz CT molecular complexity index is 1020. The van der Waals surface area contributed by atoms with Crippen molar-refractivity contribution >= 4 is 29.0 Å². The summed E-state index contributed by atoms with van der Waals surface area (Å²) in [5.41, 5.74) is 5.63. The zero-order valence-electron chi connectivity index (χ0n) is 16.3. The predicted molar refractivity (Wildman–Crippen MR) is 116 cm³/mol. The summed E-state index contributed by atoms with van der Waals surface area (Å²) < 4.78 is 5.25. The summed E-state index contributed by atoms with van der Waals surface area (Å²) in [5.74, 6) is 0.373. The van der Waals surface area contributed by atoms with E-state index < -0.39 is 0 Å². The van der Waals surface area contributed by atoms with Crippen LogP contribution in [0.1, 0.15) is 30.9 Å². The first-order valence-corrected chi connectivity index (χ1v) is 9.21. The van der Waals surface area contributed by atoms with Crippen LogP contribution in [0.5, 0.6) is 5.75 Å². The van der Waals surface area contributed by atoms with E-state index >= 15 is 0 Å². The Morgan fingerprint density at radius 1 is 1.04 bits per heavy atom. The smallest absolute Gasteiger partial charge is 0.247 e. The molecule has 1 N–H and O–H groups in total. The largest absolute Gasteiger partial charge is 0.497 e. The monoisotopic (exact) mass is 372 g/mol. The van der Waals surface area contributed by atoms with Crippen molar-refractivity contribution in [1.82, 2.24) is 5.43 Å². The van der Waals surface area contributed by atoms with Gasteiger partial charge in [0.05, 0.1) is 19.2 Å². The van der Waals surface area contributed by atoms with Gasteiger partial charge in [0.15, 0.2) is 0 Å². The highest BCUT2D eigenvalue weighted by Gasteiger charge is 2.15. The SMILES string of the molecule is COc1ccc2cc(C(C)C(=O)N/N=C/C(C)=C/c3ccccc3)ccc2c1. The first-order valence-electron chi connectivity index (χ1n) is 9.21. The lowest BCUT2D eigenvalue weighted by atomic mass is 9.97. The predicted octanol–water partition coefficient (Wildman–Crippen LogP) is 5.16. The Morgan fingerprint density at radius 2 is 1.75 bits per heavy atom. The minimum atomic E-state index is -0.304. The number of fused-ring (bicyclic) bond motifs is 1. The van der Waals surface area contributed by atoms with Crippen LogP contribution in [0.15, 0.2) is 77.4 Å². The summed E-state index contributed by atoms with van der Waals surface area (Å²) in [7, 11) is 1.65. The van der Waals surface area contributed by atoms with Gasteiger partial charge in [0, 0.05) is 0 Å². The van der Waals surface area contributed by atoms with Crippen molar-refractivity contribution < 1.29 is 9.53 Å². The molecule has 0 aliphatic carbocycles. The van der Waals surface area contributed by atoms with Crippen molar-refractivity contribution in [3.63, 3.8) is 0 Å². The van der Waals surface area contributed by atoms with E-state index in [1.807, 2.05) is 86.7 Å². The standard InChI is InChI=1S/C24H24N2O2/c1-17(13-19-7-5-4-6-8-19)16-25-26-24(27)18(2)20-9-10-22-15-23(28-3)12-11-21(22)14-20/h4-16,18H,1-3H3,(H,26,27)/b17-13+,25-16+. The number of nitrogens with one attached hydrogen (secondary N) is 1. The van der Waals surface area contributed by atoms with Crippen LogP contribution in [0.3, 0.4) is 0 Å². The number of hydrogen-bond donors (Lipinski definition) is 1. The molecule has 0 bridgehead atoms. The summed E-state index contributed by atoms with van der Waals surface area (Å²) in [6.45, 7) is 3.83. The van der Waals surface area contributed by atoms with Gasteiger partial charge in [0.2, 0.25) is 5.91 Å². The maximum atomic E-state index is 12.5. The number of rotatable bonds is 6. The van der Waals surface area contributed by atoms with Gasteiger partial charge in [0.1, 0.15) is 5.75 Å². The molecule has 0 aliphatic rings. The number of hydrogen-bond acceptors (Lipinski definition) is 3. The van der Waals surface area contributed by atoms with Crippen LogP contribution in [0.4, 0.5) is 0 Å². The number of amides is 1. The van der Waals surface area contributed by atoms with E-state index in [1.54, 1.807) is 13.3 Å². The topological polar surface area (TPSA) is 50.7 Å². The summed E-state index contributed by atoms with van der Waals surface area (Å²) in [6.07, 6.45) is 3.67. The molecule has 0 fully saturated rings. The second kappa shape index (κ2) is 9.00. The number of carbonyl (C=O) groups excluding carboxylic acids is 1. The highest BCUT2D eigenvalue weighted by molar-refractivity contribution is 5.90. The molecular weight excluding hydrogens is 348 g/mol. The van der Waals surface area contributed by atoms with Crippen LogP contribution in [0.2, 0.25) is 0 Å². The van der Waals surface area contributed by atoms with Gasteiger partial charge in [-0.15, -0.1) is 0 Å². The summed E-state index contributed by atoms with van der Waals surface area (Å²) in [4.78, 5) is 12.5. The molecule has 3 aromatic carbocycles. The molecule has 4 heteroatoms. The Balaban J connectivity index is 1.65. The molecule has 4 nitrogen and oxygen atoms in total. The summed E-state index contributed by atoms with van der Waals surface area (Å²) >= 11 is 0.